The summed E-state index contributed by atoms with van der Waals surface area (Å²) in [5.41, 5.74) is 7.15. The van der Waals surface area contributed by atoms with Crippen molar-refractivity contribution in [3.05, 3.63) is 34.3 Å². The number of rotatable bonds is 4. The molecule has 6 heteroatoms. The molecule has 0 aliphatic carbocycles. The summed E-state index contributed by atoms with van der Waals surface area (Å²) in [4.78, 5) is 15.0. The number of piperidine rings is 1. The Morgan fingerprint density at radius 3 is 2.67 bits per heavy atom. The van der Waals surface area contributed by atoms with E-state index >= 15 is 0 Å². The van der Waals surface area contributed by atoms with E-state index in [0.29, 0.717) is 22.1 Å². The minimum absolute atomic E-state index is 0.0617. The molecular formula is C15H20ClN3OS. The standard InChI is InChI=1S/C15H20ClN3OS/c1-10-6-11(8-12(16)7-10)15(20)18-13-2-4-19(5-3-13)9-14(17)21/h6-8,13H,2-5,9H2,1H3,(H2,17,21)(H,18,20). The summed E-state index contributed by atoms with van der Waals surface area (Å²) in [5.74, 6) is -0.0617. The summed E-state index contributed by atoms with van der Waals surface area (Å²) in [6, 6.07) is 5.58. The molecule has 0 saturated carbocycles. The molecule has 1 amide bonds. The number of likely N-dealkylation sites (tertiary alicyclic amines) is 1. The van der Waals surface area contributed by atoms with Gasteiger partial charge < -0.3 is 11.1 Å². The molecule has 114 valence electrons. The van der Waals surface area contributed by atoms with Gasteiger partial charge >= 0.3 is 0 Å². The number of nitrogens with zero attached hydrogens (tertiary/aromatic N) is 1. The molecule has 1 aliphatic rings. The quantitative estimate of drug-likeness (QED) is 0.833. The highest BCUT2D eigenvalue weighted by Gasteiger charge is 2.21. The molecule has 0 aromatic heterocycles. The number of nitrogens with one attached hydrogen (secondary N) is 1. The molecule has 2 rings (SSSR count). The largest absolute Gasteiger partial charge is 0.392 e. The second kappa shape index (κ2) is 7.20. The monoisotopic (exact) mass is 325 g/mol. The van der Waals surface area contributed by atoms with Crippen LogP contribution in [0.3, 0.4) is 0 Å². The fourth-order valence-corrected chi connectivity index (χ4v) is 3.06. The zero-order valence-electron chi connectivity index (χ0n) is 12.1. The molecule has 0 bridgehead atoms. The Kier molecular flexibility index (Phi) is 5.56. The van der Waals surface area contributed by atoms with Crippen LogP contribution in [0.25, 0.3) is 0 Å². The molecule has 1 aromatic carbocycles. The molecule has 1 fully saturated rings. The Bertz CT molecular complexity index is 521. The van der Waals surface area contributed by atoms with Crippen LogP contribution in [0.1, 0.15) is 28.8 Å². The van der Waals surface area contributed by atoms with Gasteiger partial charge in [-0.05, 0) is 43.5 Å². The Labute approximate surface area is 135 Å². The molecule has 0 radical (unpaired) electrons. The lowest BCUT2D eigenvalue weighted by Gasteiger charge is -2.32. The van der Waals surface area contributed by atoms with Crippen molar-refractivity contribution in [1.82, 2.24) is 10.2 Å². The third-order valence-corrected chi connectivity index (χ3v) is 3.95. The first-order chi connectivity index (χ1) is 9.94. The van der Waals surface area contributed by atoms with Crippen molar-refractivity contribution in [3.63, 3.8) is 0 Å². The minimum atomic E-state index is -0.0617. The zero-order valence-corrected chi connectivity index (χ0v) is 13.6. The summed E-state index contributed by atoms with van der Waals surface area (Å²) in [6.07, 6.45) is 1.82. The number of nitrogens with two attached hydrogens (primary N) is 1. The van der Waals surface area contributed by atoms with Crippen LogP contribution in [0, 0.1) is 6.92 Å². The topological polar surface area (TPSA) is 58.4 Å². The van der Waals surface area contributed by atoms with Crippen molar-refractivity contribution in [1.29, 1.82) is 0 Å². The van der Waals surface area contributed by atoms with E-state index in [1.165, 1.54) is 0 Å². The van der Waals surface area contributed by atoms with Gasteiger partial charge in [0.15, 0.2) is 0 Å². The normalized spacial score (nSPS) is 16.7. The first kappa shape index (κ1) is 16.2. The number of benzene rings is 1. The first-order valence-corrected chi connectivity index (χ1v) is 7.81. The number of hydrogen-bond donors (Lipinski definition) is 2. The number of halogens is 1. The van der Waals surface area contributed by atoms with E-state index in [1.54, 1.807) is 6.07 Å². The van der Waals surface area contributed by atoms with Crippen molar-refractivity contribution in [2.45, 2.75) is 25.8 Å². The van der Waals surface area contributed by atoms with Gasteiger partial charge in [-0.1, -0.05) is 23.8 Å². The number of carbonyl (C=O) groups excluding carboxylic acids is 1. The minimum Gasteiger partial charge on any atom is -0.392 e. The van der Waals surface area contributed by atoms with Crippen LogP contribution in [0.5, 0.6) is 0 Å². The fourth-order valence-electron chi connectivity index (χ4n) is 2.59. The highest BCUT2D eigenvalue weighted by molar-refractivity contribution is 7.80. The second-order valence-corrected chi connectivity index (χ2v) is 6.47. The lowest BCUT2D eigenvalue weighted by atomic mass is 10.0. The highest BCUT2D eigenvalue weighted by atomic mass is 35.5. The molecule has 0 spiro atoms. The van der Waals surface area contributed by atoms with Crippen molar-refractivity contribution in [2.24, 2.45) is 5.73 Å². The second-order valence-electron chi connectivity index (χ2n) is 5.51. The van der Waals surface area contributed by atoms with Crippen LogP contribution in [0.2, 0.25) is 5.02 Å². The number of amides is 1. The average molecular weight is 326 g/mol. The van der Waals surface area contributed by atoms with Crippen molar-refractivity contribution in [2.75, 3.05) is 19.6 Å². The molecule has 1 aliphatic heterocycles. The molecule has 1 heterocycles. The predicted molar refractivity (Wildman–Crippen MR) is 89.9 cm³/mol. The van der Waals surface area contributed by atoms with Gasteiger partial charge in [-0.25, -0.2) is 0 Å². The lowest BCUT2D eigenvalue weighted by molar-refractivity contribution is 0.0915. The number of carbonyl (C=O) groups is 1. The molecule has 3 N–H and O–H groups in total. The van der Waals surface area contributed by atoms with E-state index in [2.05, 4.69) is 10.2 Å². The summed E-state index contributed by atoms with van der Waals surface area (Å²) in [6.45, 7) is 4.38. The highest BCUT2D eigenvalue weighted by Crippen LogP contribution is 2.16. The summed E-state index contributed by atoms with van der Waals surface area (Å²) in [5, 5.41) is 3.66. The van der Waals surface area contributed by atoms with Gasteiger partial charge in [0.05, 0.1) is 4.99 Å². The van der Waals surface area contributed by atoms with Gasteiger partial charge in [0.2, 0.25) is 0 Å². The van der Waals surface area contributed by atoms with Gasteiger partial charge in [-0.3, -0.25) is 9.69 Å². The van der Waals surface area contributed by atoms with Gasteiger partial charge in [-0.15, -0.1) is 0 Å². The summed E-state index contributed by atoms with van der Waals surface area (Å²) in [7, 11) is 0. The van der Waals surface area contributed by atoms with Gasteiger partial charge in [0.1, 0.15) is 0 Å². The molecule has 4 nitrogen and oxygen atoms in total. The maximum atomic E-state index is 12.3. The Balaban J connectivity index is 1.88. The number of aryl methyl sites for hydroxylation is 1. The lowest BCUT2D eigenvalue weighted by Crippen LogP contribution is -2.46. The average Bonchev–Trinajstić information content (AvgIpc) is 2.39. The van der Waals surface area contributed by atoms with Gasteiger partial charge in [-0.2, -0.15) is 0 Å². The Hall–Kier alpha value is -1.17. The molecule has 0 unspecified atom stereocenters. The summed E-state index contributed by atoms with van der Waals surface area (Å²) < 4.78 is 0. The maximum absolute atomic E-state index is 12.3. The van der Waals surface area contributed by atoms with Crippen molar-refractivity contribution in [3.8, 4) is 0 Å². The third kappa shape index (κ3) is 4.95. The van der Waals surface area contributed by atoms with E-state index in [9.17, 15) is 4.79 Å². The molecule has 21 heavy (non-hydrogen) atoms. The van der Waals surface area contributed by atoms with Gasteiger partial charge in [0, 0.05) is 36.3 Å². The van der Waals surface area contributed by atoms with Crippen LogP contribution in [-0.2, 0) is 0 Å². The van der Waals surface area contributed by atoms with Crippen molar-refractivity contribution < 1.29 is 4.79 Å². The van der Waals surface area contributed by atoms with E-state index < -0.39 is 0 Å². The number of hydrogen-bond acceptors (Lipinski definition) is 3. The molecule has 0 atom stereocenters. The maximum Gasteiger partial charge on any atom is 0.251 e. The zero-order chi connectivity index (χ0) is 15.4. The van der Waals surface area contributed by atoms with Crippen LogP contribution in [0.15, 0.2) is 18.2 Å². The fraction of sp³-hybridized carbons (Fsp3) is 0.467. The van der Waals surface area contributed by atoms with Crippen LogP contribution in [0.4, 0.5) is 0 Å². The number of thiocarbonyl (C=S) groups is 1. The predicted octanol–water partition coefficient (Wildman–Crippen LogP) is 2.13. The van der Waals surface area contributed by atoms with Gasteiger partial charge in [0.25, 0.3) is 5.91 Å². The van der Waals surface area contributed by atoms with Crippen LogP contribution in [-0.4, -0.2) is 41.5 Å². The van der Waals surface area contributed by atoms with E-state index in [4.69, 9.17) is 29.6 Å². The van der Waals surface area contributed by atoms with Crippen molar-refractivity contribution >= 4 is 34.7 Å². The Morgan fingerprint density at radius 1 is 1.43 bits per heavy atom. The molecule has 1 aromatic rings. The van der Waals surface area contributed by atoms with E-state index in [1.807, 2.05) is 19.1 Å². The molecular weight excluding hydrogens is 306 g/mol. The van der Waals surface area contributed by atoms with Crippen LogP contribution >= 0.6 is 23.8 Å². The summed E-state index contributed by atoms with van der Waals surface area (Å²) >= 11 is 10.9. The van der Waals surface area contributed by atoms with E-state index in [-0.39, 0.29) is 11.9 Å². The first-order valence-electron chi connectivity index (χ1n) is 7.03. The smallest absolute Gasteiger partial charge is 0.251 e. The Morgan fingerprint density at radius 2 is 2.10 bits per heavy atom. The third-order valence-electron chi connectivity index (χ3n) is 3.61. The van der Waals surface area contributed by atoms with E-state index in [0.717, 1.165) is 31.5 Å². The SMILES string of the molecule is Cc1cc(Cl)cc(C(=O)NC2CCN(CC(N)=S)CC2)c1. The van der Waals surface area contributed by atoms with Crippen LogP contribution < -0.4 is 11.1 Å². The molecule has 1 saturated heterocycles.